The number of ether oxygens (including phenoxy) is 1. The van der Waals surface area contributed by atoms with Gasteiger partial charge in [0.25, 0.3) is 5.91 Å². The van der Waals surface area contributed by atoms with Crippen LogP contribution < -0.4 is 15.4 Å². The second kappa shape index (κ2) is 9.16. The number of carbonyl (C=O) groups excluding carboxylic acids is 2. The van der Waals surface area contributed by atoms with Crippen LogP contribution in [0.25, 0.3) is 0 Å². The van der Waals surface area contributed by atoms with Crippen molar-refractivity contribution in [3.63, 3.8) is 0 Å². The molecule has 148 valence electrons. The van der Waals surface area contributed by atoms with Crippen LogP contribution in [0.3, 0.4) is 0 Å². The zero-order valence-corrected chi connectivity index (χ0v) is 15.7. The summed E-state index contributed by atoms with van der Waals surface area (Å²) in [5.74, 6) is -2.94. The average Bonchev–Trinajstić information content (AvgIpc) is 2.68. The SMILES string of the molecule is O=C(NC(=O)c1c(F)cccc1F)Nc1ccc(OCc2ccccc2)c(Cl)c1. The maximum Gasteiger partial charge on any atom is 0.326 e. The molecule has 0 aliphatic rings. The van der Waals surface area contributed by atoms with Gasteiger partial charge in [-0.15, -0.1) is 0 Å². The zero-order valence-electron chi connectivity index (χ0n) is 14.9. The van der Waals surface area contributed by atoms with Crippen molar-refractivity contribution in [1.82, 2.24) is 5.32 Å². The molecule has 5 nitrogen and oxygen atoms in total. The van der Waals surface area contributed by atoms with Gasteiger partial charge in [0.1, 0.15) is 29.6 Å². The van der Waals surface area contributed by atoms with Gasteiger partial charge >= 0.3 is 6.03 Å². The van der Waals surface area contributed by atoms with Crippen molar-refractivity contribution in [1.29, 1.82) is 0 Å². The molecule has 3 aromatic rings. The van der Waals surface area contributed by atoms with E-state index >= 15 is 0 Å². The normalized spacial score (nSPS) is 10.3. The predicted octanol–water partition coefficient (Wildman–Crippen LogP) is 5.16. The molecule has 0 bridgehead atoms. The molecule has 0 heterocycles. The van der Waals surface area contributed by atoms with Gasteiger partial charge in [0.2, 0.25) is 0 Å². The number of rotatable bonds is 5. The summed E-state index contributed by atoms with van der Waals surface area (Å²) in [6.07, 6.45) is 0. The molecule has 0 aromatic heterocycles. The quantitative estimate of drug-likeness (QED) is 0.603. The van der Waals surface area contributed by atoms with E-state index in [9.17, 15) is 18.4 Å². The van der Waals surface area contributed by atoms with Gasteiger partial charge in [-0.1, -0.05) is 48.0 Å². The molecule has 0 fully saturated rings. The smallest absolute Gasteiger partial charge is 0.326 e. The van der Waals surface area contributed by atoms with Crippen LogP contribution in [0.4, 0.5) is 19.3 Å². The van der Waals surface area contributed by atoms with Crippen LogP contribution in [-0.4, -0.2) is 11.9 Å². The number of benzene rings is 3. The predicted molar refractivity (Wildman–Crippen MR) is 105 cm³/mol. The van der Waals surface area contributed by atoms with Crippen molar-refractivity contribution in [2.75, 3.05) is 5.32 Å². The van der Waals surface area contributed by atoms with E-state index in [0.29, 0.717) is 12.4 Å². The van der Waals surface area contributed by atoms with Crippen molar-refractivity contribution in [2.45, 2.75) is 6.61 Å². The minimum absolute atomic E-state index is 0.241. The van der Waals surface area contributed by atoms with E-state index in [-0.39, 0.29) is 10.7 Å². The van der Waals surface area contributed by atoms with Gasteiger partial charge in [-0.2, -0.15) is 0 Å². The fraction of sp³-hybridized carbons (Fsp3) is 0.0476. The molecular formula is C21H15ClF2N2O3. The van der Waals surface area contributed by atoms with Gasteiger partial charge in [-0.05, 0) is 35.9 Å². The number of nitrogens with one attached hydrogen (secondary N) is 2. The Morgan fingerprint density at radius 2 is 1.62 bits per heavy atom. The number of anilines is 1. The Hall–Kier alpha value is -3.45. The van der Waals surface area contributed by atoms with E-state index in [1.807, 2.05) is 35.6 Å². The van der Waals surface area contributed by atoms with Crippen LogP contribution in [0.15, 0.2) is 66.7 Å². The van der Waals surface area contributed by atoms with Crippen molar-refractivity contribution in [3.8, 4) is 5.75 Å². The van der Waals surface area contributed by atoms with Crippen molar-refractivity contribution >= 4 is 29.2 Å². The first-order valence-corrected chi connectivity index (χ1v) is 8.84. The Balaban J connectivity index is 1.60. The second-order valence-electron chi connectivity index (χ2n) is 5.92. The number of hydrogen-bond acceptors (Lipinski definition) is 3. The summed E-state index contributed by atoms with van der Waals surface area (Å²) in [5, 5.41) is 4.47. The number of imide groups is 1. The Bertz CT molecular complexity index is 1030. The van der Waals surface area contributed by atoms with Gasteiger partial charge in [-0.3, -0.25) is 10.1 Å². The van der Waals surface area contributed by atoms with Crippen molar-refractivity contribution in [2.24, 2.45) is 0 Å². The number of hydrogen-bond donors (Lipinski definition) is 2. The summed E-state index contributed by atoms with van der Waals surface area (Å²) < 4.78 is 32.8. The Labute approximate surface area is 170 Å². The second-order valence-corrected chi connectivity index (χ2v) is 6.33. The van der Waals surface area contributed by atoms with Crippen LogP contribution in [-0.2, 0) is 6.61 Å². The lowest BCUT2D eigenvalue weighted by Gasteiger charge is -2.11. The van der Waals surface area contributed by atoms with E-state index in [2.05, 4.69) is 5.32 Å². The van der Waals surface area contributed by atoms with Crippen molar-refractivity contribution in [3.05, 3.63) is 94.5 Å². The maximum atomic E-state index is 13.6. The summed E-state index contributed by atoms with van der Waals surface area (Å²) in [6, 6.07) is 16.0. The van der Waals surface area contributed by atoms with Crippen LogP contribution >= 0.6 is 11.6 Å². The lowest BCUT2D eigenvalue weighted by atomic mass is 10.2. The molecule has 3 rings (SSSR count). The molecule has 2 N–H and O–H groups in total. The van der Waals surface area contributed by atoms with Crippen LogP contribution in [0, 0.1) is 11.6 Å². The fourth-order valence-corrected chi connectivity index (χ4v) is 2.71. The molecule has 3 aromatic carbocycles. The third-order valence-electron chi connectivity index (χ3n) is 3.84. The number of urea groups is 1. The molecule has 0 aliphatic heterocycles. The summed E-state index contributed by atoms with van der Waals surface area (Å²) in [6.45, 7) is 0.316. The van der Waals surface area contributed by atoms with E-state index in [4.69, 9.17) is 16.3 Å². The Morgan fingerprint density at radius 1 is 0.931 bits per heavy atom. The highest BCUT2D eigenvalue weighted by Crippen LogP contribution is 2.28. The lowest BCUT2D eigenvalue weighted by molar-refractivity contribution is 0.0959. The molecule has 0 saturated carbocycles. The molecule has 0 spiro atoms. The Morgan fingerprint density at radius 3 is 2.28 bits per heavy atom. The van der Waals surface area contributed by atoms with E-state index in [0.717, 1.165) is 23.8 Å². The first-order chi connectivity index (χ1) is 13.9. The molecule has 29 heavy (non-hydrogen) atoms. The molecule has 0 atom stereocenters. The number of carbonyl (C=O) groups is 2. The molecule has 0 aliphatic carbocycles. The highest BCUT2D eigenvalue weighted by Gasteiger charge is 2.19. The minimum Gasteiger partial charge on any atom is -0.487 e. The van der Waals surface area contributed by atoms with Crippen LogP contribution in [0.1, 0.15) is 15.9 Å². The van der Waals surface area contributed by atoms with Crippen LogP contribution in [0.2, 0.25) is 5.02 Å². The zero-order chi connectivity index (χ0) is 20.8. The fourth-order valence-electron chi connectivity index (χ4n) is 2.47. The summed E-state index contributed by atoms with van der Waals surface area (Å²) in [5.41, 5.74) is 0.385. The van der Waals surface area contributed by atoms with Gasteiger partial charge < -0.3 is 10.1 Å². The highest BCUT2D eigenvalue weighted by molar-refractivity contribution is 6.32. The van der Waals surface area contributed by atoms with E-state index < -0.39 is 29.1 Å². The molecule has 3 amide bonds. The minimum atomic E-state index is -1.20. The largest absolute Gasteiger partial charge is 0.487 e. The maximum absolute atomic E-state index is 13.6. The molecule has 8 heteroatoms. The summed E-state index contributed by atoms with van der Waals surface area (Å²) in [7, 11) is 0. The molecule has 0 unspecified atom stereocenters. The lowest BCUT2D eigenvalue weighted by Crippen LogP contribution is -2.35. The summed E-state index contributed by atoms with van der Waals surface area (Å²) in [4.78, 5) is 23.9. The standard InChI is InChI=1S/C21H15ClF2N2O3/c22-15-11-14(9-10-18(15)29-12-13-5-2-1-3-6-13)25-21(28)26-20(27)19-16(23)7-4-8-17(19)24/h1-11H,12H2,(H2,25,26,27,28). The van der Waals surface area contributed by atoms with Gasteiger partial charge in [-0.25, -0.2) is 13.6 Å². The third-order valence-corrected chi connectivity index (χ3v) is 4.14. The van der Waals surface area contributed by atoms with E-state index in [1.165, 1.54) is 12.1 Å². The summed E-state index contributed by atoms with van der Waals surface area (Å²) >= 11 is 6.16. The van der Waals surface area contributed by atoms with E-state index in [1.54, 1.807) is 6.07 Å². The average molecular weight is 417 g/mol. The van der Waals surface area contributed by atoms with Gasteiger partial charge in [0.05, 0.1) is 5.02 Å². The topological polar surface area (TPSA) is 67.4 Å². The monoisotopic (exact) mass is 416 g/mol. The van der Waals surface area contributed by atoms with Crippen LogP contribution in [0.5, 0.6) is 5.75 Å². The Kier molecular flexibility index (Phi) is 6.41. The van der Waals surface area contributed by atoms with Gasteiger partial charge in [0, 0.05) is 5.69 Å². The van der Waals surface area contributed by atoms with Gasteiger partial charge in [0.15, 0.2) is 0 Å². The number of halogens is 3. The highest BCUT2D eigenvalue weighted by atomic mass is 35.5. The number of amides is 3. The third kappa shape index (κ3) is 5.30. The molecule has 0 radical (unpaired) electrons. The molecule has 0 saturated heterocycles. The van der Waals surface area contributed by atoms with Crippen molar-refractivity contribution < 1.29 is 23.1 Å². The molecular weight excluding hydrogens is 402 g/mol. The first kappa shape index (κ1) is 20.3. The first-order valence-electron chi connectivity index (χ1n) is 8.46.